The lowest BCUT2D eigenvalue weighted by Gasteiger charge is -2.20. The first-order valence-electron chi connectivity index (χ1n) is 8.36. The first-order chi connectivity index (χ1) is 12.9. The largest absolute Gasteiger partial charge is 0.416 e. The fourth-order valence-electron chi connectivity index (χ4n) is 3.29. The van der Waals surface area contributed by atoms with Gasteiger partial charge in [0.2, 0.25) is 0 Å². The van der Waals surface area contributed by atoms with E-state index in [4.69, 9.17) is 0 Å². The van der Waals surface area contributed by atoms with Crippen LogP contribution in [0.1, 0.15) is 41.9 Å². The highest BCUT2D eigenvalue weighted by Crippen LogP contribution is 2.39. The number of carbonyl (C=O) groups excluding carboxylic acids is 2. The van der Waals surface area contributed by atoms with Crippen LogP contribution in [0, 0.1) is 0 Å². The van der Waals surface area contributed by atoms with Gasteiger partial charge >= 0.3 is 12.4 Å². The Hall–Kier alpha value is -2.64. The van der Waals surface area contributed by atoms with E-state index in [9.17, 15) is 35.9 Å². The highest BCUT2D eigenvalue weighted by atomic mass is 19.4. The van der Waals surface area contributed by atoms with Crippen molar-refractivity contribution in [2.45, 2.75) is 37.5 Å². The maximum absolute atomic E-state index is 13.0. The highest BCUT2D eigenvalue weighted by Gasteiger charge is 2.37. The molecule has 1 saturated carbocycles. The van der Waals surface area contributed by atoms with Gasteiger partial charge in [0.25, 0.3) is 0 Å². The Morgan fingerprint density at radius 1 is 0.679 bits per heavy atom. The molecule has 0 saturated heterocycles. The van der Waals surface area contributed by atoms with E-state index in [0.717, 1.165) is 0 Å². The van der Waals surface area contributed by atoms with Crippen molar-refractivity contribution in [3.63, 3.8) is 0 Å². The summed E-state index contributed by atoms with van der Waals surface area (Å²) in [6.45, 7) is 0. The van der Waals surface area contributed by atoms with Gasteiger partial charge in [-0.15, -0.1) is 0 Å². The summed E-state index contributed by atoms with van der Waals surface area (Å²) in [6, 6.07) is 7.26. The number of hydrogen-bond donors (Lipinski definition) is 0. The van der Waals surface area contributed by atoms with E-state index >= 15 is 0 Å². The molecule has 2 nitrogen and oxygen atoms in total. The standard InChI is InChI=1S/C20H14F6O2/c21-19(22,23)15-5-13(6-16(9-15)20(24,25)26)11-1-3-12(4-2-11)14-7-17(27)10-18(28)8-14/h1-6,9,14H,7-8,10H2. The molecule has 0 atom stereocenters. The molecular weight excluding hydrogens is 386 g/mol. The van der Waals surface area contributed by atoms with E-state index in [0.29, 0.717) is 17.7 Å². The first kappa shape index (κ1) is 20.1. The maximum atomic E-state index is 13.0. The quantitative estimate of drug-likeness (QED) is 0.472. The Balaban J connectivity index is 1.97. The minimum Gasteiger partial charge on any atom is -0.299 e. The smallest absolute Gasteiger partial charge is 0.299 e. The number of ketones is 2. The molecule has 0 radical (unpaired) electrons. The van der Waals surface area contributed by atoms with E-state index < -0.39 is 23.5 Å². The number of Topliss-reactive ketones (excluding diaryl/α,β-unsaturated/α-hetero) is 2. The Labute approximate surface area is 156 Å². The number of rotatable bonds is 2. The molecule has 0 bridgehead atoms. The molecule has 28 heavy (non-hydrogen) atoms. The minimum absolute atomic E-state index is 0.0805. The summed E-state index contributed by atoms with van der Waals surface area (Å²) < 4.78 is 78.0. The maximum Gasteiger partial charge on any atom is 0.416 e. The monoisotopic (exact) mass is 400 g/mol. The van der Waals surface area contributed by atoms with Crippen LogP contribution in [0.2, 0.25) is 0 Å². The van der Waals surface area contributed by atoms with Gasteiger partial charge in [-0.05, 0) is 40.8 Å². The Kier molecular flexibility index (Phi) is 5.08. The Morgan fingerprint density at radius 2 is 1.14 bits per heavy atom. The summed E-state index contributed by atoms with van der Waals surface area (Å²) in [5.74, 6) is -0.689. The molecule has 8 heteroatoms. The summed E-state index contributed by atoms with van der Waals surface area (Å²) in [5.41, 5.74) is -2.17. The molecule has 3 rings (SSSR count). The second-order valence-electron chi connectivity index (χ2n) is 6.78. The van der Waals surface area contributed by atoms with Crippen LogP contribution in [0.25, 0.3) is 11.1 Å². The average molecular weight is 400 g/mol. The number of halogens is 6. The van der Waals surface area contributed by atoms with E-state index in [-0.39, 0.29) is 53.9 Å². The molecule has 0 unspecified atom stereocenters. The number of hydrogen-bond acceptors (Lipinski definition) is 2. The lowest BCUT2D eigenvalue weighted by molar-refractivity contribution is -0.143. The average Bonchev–Trinajstić information content (AvgIpc) is 2.59. The van der Waals surface area contributed by atoms with Gasteiger partial charge in [-0.1, -0.05) is 24.3 Å². The van der Waals surface area contributed by atoms with Gasteiger partial charge in [-0.25, -0.2) is 0 Å². The van der Waals surface area contributed by atoms with Crippen molar-refractivity contribution in [2.24, 2.45) is 0 Å². The van der Waals surface area contributed by atoms with Gasteiger partial charge < -0.3 is 0 Å². The molecule has 0 spiro atoms. The van der Waals surface area contributed by atoms with Crippen molar-refractivity contribution in [2.75, 3.05) is 0 Å². The van der Waals surface area contributed by atoms with Crippen LogP contribution in [-0.4, -0.2) is 11.6 Å². The van der Waals surface area contributed by atoms with E-state index in [1.807, 2.05) is 0 Å². The summed E-state index contributed by atoms with van der Waals surface area (Å²) in [7, 11) is 0. The summed E-state index contributed by atoms with van der Waals surface area (Å²) >= 11 is 0. The molecular formula is C20H14F6O2. The lowest BCUT2D eigenvalue weighted by atomic mass is 9.82. The molecule has 0 aliphatic heterocycles. The lowest BCUT2D eigenvalue weighted by Crippen LogP contribution is -2.21. The van der Waals surface area contributed by atoms with Crippen LogP contribution in [0.15, 0.2) is 42.5 Å². The third-order valence-corrected chi connectivity index (χ3v) is 4.65. The fraction of sp³-hybridized carbons (Fsp3) is 0.300. The predicted molar refractivity (Wildman–Crippen MR) is 88.5 cm³/mol. The summed E-state index contributed by atoms with van der Waals surface area (Å²) in [5, 5.41) is 0. The van der Waals surface area contributed by atoms with E-state index in [1.54, 1.807) is 0 Å². The molecule has 0 aromatic heterocycles. The molecule has 0 N–H and O–H groups in total. The molecule has 2 aromatic rings. The van der Waals surface area contributed by atoms with Crippen molar-refractivity contribution in [1.82, 2.24) is 0 Å². The third-order valence-electron chi connectivity index (χ3n) is 4.65. The van der Waals surface area contributed by atoms with E-state index in [1.165, 1.54) is 24.3 Å². The van der Waals surface area contributed by atoms with E-state index in [2.05, 4.69) is 0 Å². The zero-order valence-corrected chi connectivity index (χ0v) is 14.3. The first-order valence-corrected chi connectivity index (χ1v) is 8.36. The number of carbonyl (C=O) groups is 2. The molecule has 1 fully saturated rings. The minimum atomic E-state index is -4.92. The van der Waals surface area contributed by atoms with Crippen molar-refractivity contribution in [3.05, 3.63) is 59.2 Å². The van der Waals surface area contributed by atoms with Crippen molar-refractivity contribution >= 4 is 11.6 Å². The predicted octanol–water partition coefficient (Wildman–Crippen LogP) is 5.80. The van der Waals surface area contributed by atoms with Crippen molar-refractivity contribution in [1.29, 1.82) is 0 Å². The second kappa shape index (κ2) is 7.07. The molecule has 1 aliphatic carbocycles. The van der Waals surface area contributed by atoms with Gasteiger partial charge in [0.05, 0.1) is 17.5 Å². The van der Waals surface area contributed by atoms with Crippen molar-refractivity contribution in [3.8, 4) is 11.1 Å². The van der Waals surface area contributed by atoms with Crippen LogP contribution in [0.5, 0.6) is 0 Å². The Bertz CT molecular complexity index is 862. The van der Waals surface area contributed by atoms with Crippen LogP contribution in [-0.2, 0) is 21.9 Å². The normalized spacial score (nSPS) is 16.5. The van der Waals surface area contributed by atoms with Gasteiger partial charge in [-0.2, -0.15) is 26.3 Å². The highest BCUT2D eigenvalue weighted by molar-refractivity contribution is 6.02. The third kappa shape index (κ3) is 4.43. The zero-order chi connectivity index (χ0) is 20.7. The van der Waals surface area contributed by atoms with Crippen LogP contribution < -0.4 is 0 Å². The SMILES string of the molecule is O=C1CC(=O)CC(c2ccc(-c3cc(C(F)(F)F)cc(C(F)(F)F)c3)cc2)C1. The topological polar surface area (TPSA) is 34.1 Å². The molecule has 0 amide bonds. The summed E-state index contributed by atoms with van der Waals surface area (Å²) in [4.78, 5) is 23.1. The molecule has 1 aliphatic rings. The molecule has 2 aromatic carbocycles. The molecule has 0 heterocycles. The van der Waals surface area contributed by atoms with Crippen LogP contribution in [0.3, 0.4) is 0 Å². The van der Waals surface area contributed by atoms with Gasteiger partial charge in [0.1, 0.15) is 11.6 Å². The van der Waals surface area contributed by atoms with Gasteiger partial charge in [0.15, 0.2) is 0 Å². The van der Waals surface area contributed by atoms with Crippen LogP contribution >= 0.6 is 0 Å². The van der Waals surface area contributed by atoms with Crippen LogP contribution in [0.4, 0.5) is 26.3 Å². The molecule has 148 valence electrons. The second-order valence-corrected chi connectivity index (χ2v) is 6.78. The Morgan fingerprint density at radius 3 is 1.57 bits per heavy atom. The number of benzene rings is 2. The number of alkyl halides is 6. The van der Waals surface area contributed by atoms with Gasteiger partial charge in [0, 0.05) is 12.8 Å². The summed E-state index contributed by atoms with van der Waals surface area (Å²) in [6.07, 6.45) is -9.56. The van der Waals surface area contributed by atoms with Gasteiger partial charge in [-0.3, -0.25) is 9.59 Å². The fourth-order valence-corrected chi connectivity index (χ4v) is 3.29. The van der Waals surface area contributed by atoms with Crippen molar-refractivity contribution < 1.29 is 35.9 Å². The zero-order valence-electron chi connectivity index (χ0n) is 14.3.